The number of rotatable bonds is 3. The average Bonchev–Trinajstić information content (AvgIpc) is 3.19. The summed E-state index contributed by atoms with van der Waals surface area (Å²) in [5.74, 6) is 1.37. The molecule has 7 heteroatoms. The van der Waals surface area contributed by atoms with Crippen LogP contribution in [-0.2, 0) is 7.05 Å². The summed E-state index contributed by atoms with van der Waals surface area (Å²) in [4.78, 5) is 24.9. The predicted octanol–water partition coefficient (Wildman–Crippen LogP) is 4.13. The molecular weight excluding hydrogens is 372 g/mol. The summed E-state index contributed by atoms with van der Waals surface area (Å²) >= 11 is 0. The van der Waals surface area contributed by atoms with Crippen LogP contribution in [-0.4, -0.2) is 9.48 Å². The van der Waals surface area contributed by atoms with Gasteiger partial charge in [-0.2, -0.15) is 4.74 Å². The quantitative estimate of drug-likeness (QED) is 0.464. The Morgan fingerprint density at radius 3 is 2.03 bits per heavy atom. The summed E-state index contributed by atoms with van der Waals surface area (Å²) in [6.45, 7) is 2.01. The Labute approximate surface area is 163 Å². The lowest BCUT2D eigenvalue weighted by molar-refractivity contribution is 0.323. The molecule has 0 amide bonds. The fraction of sp³-hybridized carbons (Fsp3) is 0.0909. The van der Waals surface area contributed by atoms with E-state index < -0.39 is 0 Å². The van der Waals surface area contributed by atoms with Gasteiger partial charge in [0, 0.05) is 13.1 Å². The zero-order valence-corrected chi connectivity index (χ0v) is 15.7. The molecular formula is C22H16N2O5. The van der Waals surface area contributed by atoms with Gasteiger partial charge in [0.05, 0.1) is 16.5 Å². The predicted molar refractivity (Wildman–Crippen MR) is 108 cm³/mol. The Kier molecular flexibility index (Phi) is 3.70. The molecule has 0 atom stereocenters. The zero-order chi connectivity index (χ0) is 20.1. The van der Waals surface area contributed by atoms with Gasteiger partial charge in [0.25, 0.3) is 11.1 Å². The molecule has 2 aromatic heterocycles. The van der Waals surface area contributed by atoms with E-state index in [2.05, 4.69) is 0 Å². The molecule has 2 heterocycles. The number of nitrogens with zero attached hydrogens (tertiary/aromatic N) is 2. The van der Waals surface area contributed by atoms with Crippen LogP contribution in [0.4, 0.5) is 0 Å². The lowest BCUT2D eigenvalue weighted by Gasteiger charge is -2.06. The third-order valence-corrected chi connectivity index (χ3v) is 4.77. The van der Waals surface area contributed by atoms with E-state index >= 15 is 0 Å². The summed E-state index contributed by atoms with van der Waals surface area (Å²) in [5.41, 5.74) is 1.77. The lowest BCUT2D eigenvalue weighted by Crippen LogP contribution is -2.12. The van der Waals surface area contributed by atoms with Gasteiger partial charge in [0.2, 0.25) is 0 Å². The van der Waals surface area contributed by atoms with Crippen molar-refractivity contribution in [1.82, 2.24) is 9.48 Å². The number of benzene rings is 3. The fourth-order valence-corrected chi connectivity index (χ4v) is 3.22. The Morgan fingerprint density at radius 2 is 1.34 bits per heavy atom. The largest absolute Gasteiger partial charge is 0.457 e. The average molecular weight is 388 g/mol. The third kappa shape index (κ3) is 2.84. The molecule has 0 unspecified atom stereocenters. The minimum Gasteiger partial charge on any atom is -0.457 e. The van der Waals surface area contributed by atoms with Gasteiger partial charge in [0.1, 0.15) is 11.5 Å². The van der Waals surface area contributed by atoms with Crippen LogP contribution in [0.25, 0.3) is 27.6 Å². The van der Waals surface area contributed by atoms with E-state index in [1.54, 1.807) is 30.3 Å². The highest BCUT2D eigenvalue weighted by Gasteiger charge is 2.16. The maximum atomic E-state index is 12.8. The van der Waals surface area contributed by atoms with E-state index in [0.29, 0.717) is 33.4 Å². The van der Waals surface area contributed by atoms with Crippen molar-refractivity contribution in [1.29, 1.82) is 0 Å². The molecule has 0 aliphatic carbocycles. The van der Waals surface area contributed by atoms with E-state index in [0.717, 1.165) is 16.1 Å². The maximum absolute atomic E-state index is 12.8. The van der Waals surface area contributed by atoms with Crippen LogP contribution >= 0.6 is 0 Å². The van der Waals surface area contributed by atoms with Crippen LogP contribution in [0.3, 0.4) is 0 Å². The van der Waals surface area contributed by atoms with Gasteiger partial charge in [-0.15, -0.1) is 4.74 Å². The molecule has 0 fully saturated rings. The molecule has 0 bridgehead atoms. The molecule has 3 aromatic carbocycles. The van der Waals surface area contributed by atoms with Crippen LogP contribution in [0.15, 0.2) is 79.3 Å². The SMILES string of the molecule is Cc1ccc(Oc2ccc(-n3oc4cc5on(C)c(=O)c5cc4c3=O)cc2)cc1. The fourth-order valence-electron chi connectivity index (χ4n) is 3.22. The van der Waals surface area contributed by atoms with Crippen molar-refractivity contribution in [2.24, 2.45) is 7.05 Å². The molecule has 0 aliphatic heterocycles. The first kappa shape index (κ1) is 17.1. The van der Waals surface area contributed by atoms with Gasteiger partial charge < -0.3 is 13.8 Å². The van der Waals surface area contributed by atoms with Crippen LogP contribution in [0.1, 0.15) is 5.56 Å². The van der Waals surface area contributed by atoms with Gasteiger partial charge in [-0.1, -0.05) is 17.7 Å². The summed E-state index contributed by atoms with van der Waals surface area (Å²) in [5, 5.41) is 0.655. The Hall–Kier alpha value is -4.00. The molecule has 0 spiro atoms. The minimum atomic E-state index is -0.350. The first-order chi connectivity index (χ1) is 14.0. The van der Waals surface area contributed by atoms with Crippen molar-refractivity contribution in [3.8, 4) is 17.2 Å². The first-order valence-corrected chi connectivity index (χ1v) is 9.01. The molecule has 29 heavy (non-hydrogen) atoms. The smallest absolute Gasteiger partial charge is 0.295 e. The standard InChI is InChI=1S/C22H16N2O5/c1-13-3-7-15(8-4-13)27-16-9-5-14(6-10-16)24-22(26)18-11-17-19(12-20(18)29-24)28-23(2)21(17)25/h3-12H,1-2H3. The zero-order valence-electron chi connectivity index (χ0n) is 15.7. The van der Waals surface area contributed by atoms with Crippen LogP contribution < -0.4 is 15.9 Å². The van der Waals surface area contributed by atoms with Gasteiger partial charge in [-0.05, 0) is 49.4 Å². The second-order valence-corrected chi connectivity index (χ2v) is 6.84. The summed E-state index contributed by atoms with van der Waals surface area (Å²) in [6, 6.07) is 17.8. The van der Waals surface area contributed by atoms with E-state index in [9.17, 15) is 9.59 Å². The molecule has 144 valence electrons. The topological polar surface area (TPSA) is 79.5 Å². The highest BCUT2D eigenvalue weighted by molar-refractivity contribution is 5.92. The third-order valence-electron chi connectivity index (χ3n) is 4.77. The highest BCUT2D eigenvalue weighted by atomic mass is 16.5. The van der Waals surface area contributed by atoms with E-state index in [4.69, 9.17) is 13.8 Å². The number of aryl methyl sites for hydroxylation is 2. The molecule has 0 aliphatic rings. The minimum absolute atomic E-state index is 0.299. The second kappa shape index (κ2) is 6.27. The van der Waals surface area contributed by atoms with Crippen molar-refractivity contribution in [2.75, 3.05) is 0 Å². The van der Waals surface area contributed by atoms with Crippen LogP contribution in [0.5, 0.6) is 11.5 Å². The van der Waals surface area contributed by atoms with Gasteiger partial charge in [-0.3, -0.25) is 9.59 Å². The van der Waals surface area contributed by atoms with E-state index in [1.807, 2.05) is 31.2 Å². The van der Waals surface area contributed by atoms with Gasteiger partial charge >= 0.3 is 0 Å². The number of ether oxygens (including phenoxy) is 1. The first-order valence-electron chi connectivity index (χ1n) is 9.01. The van der Waals surface area contributed by atoms with Crippen molar-refractivity contribution in [3.05, 3.63) is 86.9 Å². The number of aromatic nitrogens is 2. The Bertz CT molecular complexity index is 1460. The number of hydrogen-bond donors (Lipinski definition) is 0. The Morgan fingerprint density at radius 1 is 0.759 bits per heavy atom. The molecule has 0 saturated carbocycles. The number of fused-ring (bicyclic) bond motifs is 2. The normalized spacial score (nSPS) is 11.4. The van der Waals surface area contributed by atoms with Crippen LogP contribution in [0.2, 0.25) is 0 Å². The summed E-state index contributed by atoms with van der Waals surface area (Å²) in [6.07, 6.45) is 0. The van der Waals surface area contributed by atoms with Crippen molar-refractivity contribution in [3.63, 3.8) is 0 Å². The lowest BCUT2D eigenvalue weighted by atomic mass is 10.2. The van der Waals surface area contributed by atoms with Gasteiger partial charge in [0.15, 0.2) is 11.2 Å². The van der Waals surface area contributed by atoms with E-state index in [1.165, 1.54) is 17.9 Å². The van der Waals surface area contributed by atoms with Crippen molar-refractivity contribution < 1.29 is 13.8 Å². The van der Waals surface area contributed by atoms with Gasteiger partial charge in [-0.25, -0.2) is 0 Å². The monoisotopic (exact) mass is 388 g/mol. The Balaban J connectivity index is 1.52. The summed E-state index contributed by atoms with van der Waals surface area (Å²) < 4.78 is 19.2. The van der Waals surface area contributed by atoms with Crippen molar-refractivity contribution >= 4 is 21.9 Å². The van der Waals surface area contributed by atoms with Crippen molar-refractivity contribution in [2.45, 2.75) is 6.92 Å². The van der Waals surface area contributed by atoms with Crippen LogP contribution in [0, 0.1) is 6.92 Å². The molecule has 0 radical (unpaired) electrons. The molecule has 7 nitrogen and oxygen atoms in total. The molecule has 0 saturated heterocycles. The maximum Gasteiger partial charge on any atom is 0.295 e. The van der Waals surface area contributed by atoms with E-state index in [-0.39, 0.29) is 11.1 Å². The molecule has 5 rings (SSSR count). The number of hydrogen-bond acceptors (Lipinski definition) is 5. The second-order valence-electron chi connectivity index (χ2n) is 6.84. The molecule has 0 N–H and O–H groups in total. The highest BCUT2D eigenvalue weighted by Crippen LogP contribution is 2.24. The summed E-state index contributed by atoms with van der Waals surface area (Å²) in [7, 11) is 1.52. The molecule has 5 aromatic rings.